The third-order valence-corrected chi connectivity index (χ3v) is 6.60. The van der Waals surface area contributed by atoms with E-state index in [0.29, 0.717) is 5.69 Å². The van der Waals surface area contributed by atoms with Gasteiger partial charge in [-0.25, -0.2) is 17.5 Å². The van der Waals surface area contributed by atoms with Gasteiger partial charge in [0.05, 0.1) is 12.7 Å². The Kier molecular flexibility index (Phi) is 7.47. The smallest absolute Gasteiger partial charge is 0.338 e. The van der Waals surface area contributed by atoms with Crippen molar-refractivity contribution in [3.63, 3.8) is 0 Å². The lowest BCUT2D eigenvalue weighted by atomic mass is 10.1. The molecule has 0 aliphatic heterocycles. The Labute approximate surface area is 192 Å². The molecule has 1 N–H and O–H groups in total. The Hall–Kier alpha value is -3.69. The van der Waals surface area contributed by atoms with Gasteiger partial charge in [0.1, 0.15) is 10.6 Å². The number of ether oxygens (including phenoxy) is 2. The van der Waals surface area contributed by atoms with Crippen LogP contribution in [0.5, 0.6) is 5.75 Å². The first-order valence-corrected chi connectivity index (χ1v) is 11.4. The van der Waals surface area contributed by atoms with Gasteiger partial charge < -0.3 is 14.8 Å². The van der Waals surface area contributed by atoms with Gasteiger partial charge in [-0.2, -0.15) is 0 Å². The molecule has 8 nitrogen and oxygen atoms in total. The molecule has 0 fully saturated rings. The van der Waals surface area contributed by atoms with Crippen molar-refractivity contribution < 1.29 is 27.5 Å². The number of rotatable bonds is 8. The highest BCUT2D eigenvalue weighted by Crippen LogP contribution is 2.27. The van der Waals surface area contributed by atoms with Crippen molar-refractivity contribution in [2.75, 3.05) is 33.1 Å². The van der Waals surface area contributed by atoms with Gasteiger partial charge in [0.2, 0.25) is 10.0 Å². The lowest BCUT2D eigenvalue weighted by molar-refractivity contribution is -0.119. The maximum absolute atomic E-state index is 12.5. The van der Waals surface area contributed by atoms with Crippen LogP contribution >= 0.6 is 0 Å². The second-order valence-corrected chi connectivity index (χ2v) is 9.34. The Bertz CT molecular complexity index is 1240. The molecule has 0 saturated carbocycles. The van der Waals surface area contributed by atoms with Crippen molar-refractivity contribution in [1.82, 2.24) is 4.31 Å². The number of sulfonamides is 1. The first-order valence-electron chi connectivity index (χ1n) is 9.95. The van der Waals surface area contributed by atoms with E-state index in [1.807, 2.05) is 42.5 Å². The molecular formula is C24H24N2O6S. The second-order valence-electron chi connectivity index (χ2n) is 7.22. The monoisotopic (exact) mass is 468 g/mol. The largest absolute Gasteiger partial charge is 0.495 e. The van der Waals surface area contributed by atoms with E-state index in [4.69, 9.17) is 9.47 Å². The number of amides is 1. The molecule has 172 valence electrons. The number of carbonyl (C=O) groups is 2. The van der Waals surface area contributed by atoms with Crippen molar-refractivity contribution in [3.8, 4) is 16.9 Å². The number of nitrogens with zero attached hydrogens (tertiary/aromatic N) is 1. The molecule has 0 atom stereocenters. The van der Waals surface area contributed by atoms with Gasteiger partial charge in [0.15, 0.2) is 6.61 Å². The fraction of sp³-hybridized carbons (Fsp3) is 0.167. The molecular weight excluding hydrogens is 444 g/mol. The molecule has 9 heteroatoms. The average Bonchev–Trinajstić information content (AvgIpc) is 2.83. The van der Waals surface area contributed by atoms with Crippen molar-refractivity contribution in [1.29, 1.82) is 0 Å². The summed E-state index contributed by atoms with van der Waals surface area (Å²) in [7, 11) is 0.225. The highest BCUT2D eigenvalue weighted by Gasteiger charge is 2.24. The van der Waals surface area contributed by atoms with E-state index in [2.05, 4.69) is 5.32 Å². The van der Waals surface area contributed by atoms with Crippen LogP contribution in [-0.2, 0) is 19.6 Å². The maximum atomic E-state index is 12.5. The van der Waals surface area contributed by atoms with Crippen molar-refractivity contribution in [3.05, 3.63) is 78.4 Å². The number of carbonyl (C=O) groups excluding carboxylic acids is 2. The van der Waals surface area contributed by atoms with Crippen molar-refractivity contribution in [2.45, 2.75) is 4.90 Å². The second kappa shape index (κ2) is 10.3. The van der Waals surface area contributed by atoms with E-state index in [1.54, 1.807) is 12.1 Å². The number of hydrogen-bond donors (Lipinski definition) is 1. The van der Waals surface area contributed by atoms with Gasteiger partial charge in [-0.05, 0) is 41.5 Å². The van der Waals surface area contributed by atoms with E-state index >= 15 is 0 Å². The third-order valence-electron chi connectivity index (χ3n) is 4.77. The quantitative estimate of drug-likeness (QED) is 0.509. The van der Waals surface area contributed by atoms with Gasteiger partial charge in [-0.15, -0.1) is 0 Å². The minimum atomic E-state index is -3.85. The van der Waals surface area contributed by atoms with Crippen LogP contribution in [0.1, 0.15) is 10.4 Å². The van der Waals surface area contributed by atoms with Crippen LogP contribution in [0, 0.1) is 0 Å². The predicted molar refractivity (Wildman–Crippen MR) is 125 cm³/mol. The first-order chi connectivity index (χ1) is 15.7. The molecule has 0 saturated heterocycles. The molecule has 0 aliphatic carbocycles. The van der Waals surface area contributed by atoms with E-state index in [0.717, 1.165) is 21.5 Å². The van der Waals surface area contributed by atoms with Gasteiger partial charge in [0, 0.05) is 19.8 Å². The van der Waals surface area contributed by atoms with Crippen LogP contribution in [0.3, 0.4) is 0 Å². The van der Waals surface area contributed by atoms with E-state index in [9.17, 15) is 18.0 Å². The number of nitrogens with one attached hydrogen (secondary N) is 1. The zero-order valence-electron chi connectivity index (χ0n) is 18.4. The highest BCUT2D eigenvalue weighted by molar-refractivity contribution is 7.89. The fourth-order valence-electron chi connectivity index (χ4n) is 2.99. The molecule has 3 aromatic carbocycles. The average molecular weight is 469 g/mol. The first kappa shape index (κ1) is 24.0. The lowest BCUT2D eigenvalue weighted by Crippen LogP contribution is -2.24. The van der Waals surface area contributed by atoms with Crippen LogP contribution < -0.4 is 10.1 Å². The van der Waals surface area contributed by atoms with Crippen LogP contribution in [0.4, 0.5) is 5.69 Å². The molecule has 0 heterocycles. The molecule has 0 aromatic heterocycles. The standard InChI is InChI=1S/C24H24N2O6S/c1-26(2)33(29,30)22-15-19(11-14-21(22)31-3)24(28)32-16-23(27)25-20-12-9-18(10-13-20)17-7-5-4-6-8-17/h4-15H,16H2,1-3H3,(H,25,27). The number of esters is 1. The molecule has 0 radical (unpaired) electrons. The maximum Gasteiger partial charge on any atom is 0.338 e. The number of hydrogen-bond acceptors (Lipinski definition) is 6. The molecule has 0 aliphatic rings. The van der Waals surface area contributed by atoms with Gasteiger partial charge in [-0.3, -0.25) is 4.79 Å². The highest BCUT2D eigenvalue weighted by atomic mass is 32.2. The Balaban J connectivity index is 1.63. The molecule has 33 heavy (non-hydrogen) atoms. The number of methoxy groups -OCH3 is 1. The number of anilines is 1. The summed E-state index contributed by atoms with van der Waals surface area (Å²) in [4.78, 5) is 24.4. The summed E-state index contributed by atoms with van der Waals surface area (Å²) >= 11 is 0. The normalized spacial score (nSPS) is 11.2. The van der Waals surface area contributed by atoms with Crippen LogP contribution in [0.25, 0.3) is 11.1 Å². The molecule has 0 spiro atoms. The summed E-state index contributed by atoms with van der Waals surface area (Å²) < 4.78 is 36.2. The summed E-state index contributed by atoms with van der Waals surface area (Å²) in [5.41, 5.74) is 2.60. The minimum Gasteiger partial charge on any atom is -0.495 e. The third kappa shape index (κ3) is 5.76. The van der Waals surface area contributed by atoms with Crippen LogP contribution in [0.15, 0.2) is 77.7 Å². The zero-order chi connectivity index (χ0) is 24.0. The zero-order valence-corrected chi connectivity index (χ0v) is 19.3. The Morgan fingerprint density at radius 2 is 1.55 bits per heavy atom. The molecule has 0 bridgehead atoms. The SMILES string of the molecule is COc1ccc(C(=O)OCC(=O)Nc2ccc(-c3ccccc3)cc2)cc1S(=O)(=O)N(C)C. The summed E-state index contributed by atoms with van der Waals surface area (Å²) in [6, 6.07) is 21.0. The molecule has 1 amide bonds. The minimum absolute atomic E-state index is 0.0174. The predicted octanol–water partition coefficient (Wildman–Crippen LogP) is 3.41. The summed E-state index contributed by atoms with van der Waals surface area (Å²) in [6.45, 7) is -0.527. The Morgan fingerprint density at radius 3 is 2.15 bits per heavy atom. The molecule has 0 unspecified atom stereocenters. The molecule has 3 rings (SSSR count). The fourth-order valence-corrected chi connectivity index (χ4v) is 4.06. The molecule has 3 aromatic rings. The summed E-state index contributed by atoms with van der Waals surface area (Å²) in [5.74, 6) is -1.26. The van der Waals surface area contributed by atoms with Crippen LogP contribution in [0.2, 0.25) is 0 Å². The summed E-state index contributed by atoms with van der Waals surface area (Å²) in [6.07, 6.45) is 0. The van der Waals surface area contributed by atoms with E-state index in [-0.39, 0.29) is 16.2 Å². The number of benzene rings is 3. The Morgan fingerprint density at radius 1 is 0.909 bits per heavy atom. The van der Waals surface area contributed by atoms with Gasteiger partial charge >= 0.3 is 5.97 Å². The van der Waals surface area contributed by atoms with Crippen LogP contribution in [-0.4, -0.2) is 52.4 Å². The van der Waals surface area contributed by atoms with Crippen molar-refractivity contribution >= 4 is 27.6 Å². The van der Waals surface area contributed by atoms with E-state index in [1.165, 1.54) is 33.3 Å². The summed E-state index contributed by atoms with van der Waals surface area (Å²) in [5, 5.41) is 2.66. The topological polar surface area (TPSA) is 102 Å². The van der Waals surface area contributed by atoms with Gasteiger partial charge in [-0.1, -0.05) is 42.5 Å². The van der Waals surface area contributed by atoms with Gasteiger partial charge in [0.25, 0.3) is 5.91 Å². The lowest BCUT2D eigenvalue weighted by Gasteiger charge is -2.15. The van der Waals surface area contributed by atoms with Crippen molar-refractivity contribution in [2.24, 2.45) is 0 Å². The van der Waals surface area contributed by atoms with E-state index < -0.39 is 28.5 Å².